The van der Waals surface area contributed by atoms with Crippen LogP contribution in [-0.4, -0.2) is 30.0 Å². The van der Waals surface area contributed by atoms with Crippen LogP contribution < -0.4 is 10.6 Å². The first-order valence-electron chi connectivity index (χ1n) is 5.58. The Labute approximate surface area is 110 Å². The van der Waals surface area contributed by atoms with Crippen LogP contribution in [0.1, 0.15) is 23.7 Å². The number of phenolic OH excluding ortho intramolecular Hbond substituents is 1. The molecular formula is C12H15ClN2O3. The number of aromatic hydroxyl groups is 1. The van der Waals surface area contributed by atoms with E-state index in [-0.39, 0.29) is 30.2 Å². The zero-order chi connectivity index (χ0) is 13.5. The molecule has 0 aromatic heterocycles. The van der Waals surface area contributed by atoms with Gasteiger partial charge in [-0.05, 0) is 25.1 Å². The third-order valence-electron chi connectivity index (χ3n) is 2.21. The molecule has 98 valence electrons. The van der Waals surface area contributed by atoms with Crippen molar-refractivity contribution in [2.45, 2.75) is 13.3 Å². The summed E-state index contributed by atoms with van der Waals surface area (Å²) in [6.45, 7) is 2.58. The van der Waals surface area contributed by atoms with Crippen molar-refractivity contribution in [3.63, 3.8) is 0 Å². The minimum absolute atomic E-state index is 0.0957. The Hall–Kier alpha value is -1.75. The lowest BCUT2D eigenvalue weighted by Crippen LogP contribution is -2.30. The minimum Gasteiger partial charge on any atom is -0.507 e. The molecule has 6 heteroatoms. The fourth-order valence-corrected chi connectivity index (χ4v) is 1.53. The van der Waals surface area contributed by atoms with Crippen molar-refractivity contribution in [1.29, 1.82) is 0 Å². The van der Waals surface area contributed by atoms with E-state index in [1.54, 1.807) is 0 Å². The number of carbonyl (C=O) groups is 2. The highest BCUT2D eigenvalue weighted by Crippen LogP contribution is 2.21. The number of hydrogen-bond acceptors (Lipinski definition) is 3. The van der Waals surface area contributed by atoms with Crippen molar-refractivity contribution in [3.05, 3.63) is 28.8 Å². The third-order valence-corrected chi connectivity index (χ3v) is 2.45. The van der Waals surface area contributed by atoms with Crippen molar-refractivity contribution >= 4 is 23.4 Å². The van der Waals surface area contributed by atoms with E-state index in [1.165, 1.54) is 18.2 Å². The van der Waals surface area contributed by atoms with Gasteiger partial charge in [-0.3, -0.25) is 9.59 Å². The predicted molar refractivity (Wildman–Crippen MR) is 68.8 cm³/mol. The van der Waals surface area contributed by atoms with Crippen molar-refractivity contribution in [2.24, 2.45) is 0 Å². The van der Waals surface area contributed by atoms with Crippen molar-refractivity contribution < 1.29 is 14.7 Å². The van der Waals surface area contributed by atoms with Gasteiger partial charge in [0.25, 0.3) is 5.91 Å². The molecule has 1 aromatic carbocycles. The standard InChI is InChI=1S/C12H15ClN2O3/c1-2-14-11(17)5-6-15-12(18)9-7-8(13)3-4-10(9)16/h3-4,7,16H,2,5-6H2,1H3,(H,14,17)(H,15,18). The van der Waals surface area contributed by atoms with Gasteiger partial charge >= 0.3 is 0 Å². The second-order valence-corrected chi connectivity index (χ2v) is 4.06. The van der Waals surface area contributed by atoms with Gasteiger partial charge < -0.3 is 15.7 Å². The summed E-state index contributed by atoms with van der Waals surface area (Å²) in [5, 5.41) is 15.0. The highest BCUT2D eigenvalue weighted by atomic mass is 35.5. The molecular weight excluding hydrogens is 256 g/mol. The van der Waals surface area contributed by atoms with Gasteiger partial charge in [-0.15, -0.1) is 0 Å². The molecule has 0 bridgehead atoms. The number of rotatable bonds is 5. The molecule has 3 N–H and O–H groups in total. The molecule has 0 spiro atoms. The maximum Gasteiger partial charge on any atom is 0.255 e. The Morgan fingerprint density at radius 3 is 2.72 bits per heavy atom. The molecule has 1 aromatic rings. The van der Waals surface area contributed by atoms with Crippen molar-refractivity contribution in [1.82, 2.24) is 10.6 Å². The molecule has 18 heavy (non-hydrogen) atoms. The summed E-state index contributed by atoms with van der Waals surface area (Å²) < 4.78 is 0. The topological polar surface area (TPSA) is 78.4 Å². The Kier molecular flexibility index (Phi) is 5.45. The van der Waals surface area contributed by atoms with Crippen molar-refractivity contribution in [2.75, 3.05) is 13.1 Å². The van der Waals surface area contributed by atoms with E-state index in [4.69, 9.17) is 11.6 Å². The first-order chi connectivity index (χ1) is 8.54. The van der Waals surface area contributed by atoms with Crippen LogP contribution in [0.2, 0.25) is 5.02 Å². The molecule has 2 amide bonds. The normalized spacial score (nSPS) is 9.89. The summed E-state index contributed by atoms with van der Waals surface area (Å²) >= 11 is 5.73. The fourth-order valence-electron chi connectivity index (χ4n) is 1.36. The maximum atomic E-state index is 11.7. The van der Waals surface area contributed by atoms with Gasteiger partial charge in [0.15, 0.2) is 0 Å². The van der Waals surface area contributed by atoms with E-state index >= 15 is 0 Å². The number of hydrogen-bond donors (Lipinski definition) is 3. The smallest absolute Gasteiger partial charge is 0.255 e. The molecule has 0 atom stereocenters. The van der Waals surface area contributed by atoms with E-state index in [9.17, 15) is 14.7 Å². The SMILES string of the molecule is CCNC(=O)CCNC(=O)c1cc(Cl)ccc1O. The molecule has 0 aliphatic heterocycles. The first-order valence-corrected chi connectivity index (χ1v) is 5.95. The van der Waals surface area contributed by atoms with Crippen LogP contribution in [0.5, 0.6) is 5.75 Å². The molecule has 0 radical (unpaired) electrons. The van der Waals surface area contributed by atoms with E-state index in [0.29, 0.717) is 11.6 Å². The van der Waals surface area contributed by atoms with Crippen molar-refractivity contribution in [3.8, 4) is 5.75 Å². The number of halogens is 1. The van der Waals surface area contributed by atoms with E-state index < -0.39 is 5.91 Å². The highest BCUT2D eigenvalue weighted by molar-refractivity contribution is 6.31. The van der Waals surface area contributed by atoms with Gasteiger partial charge in [0.1, 0.15) is 5.75 Å². The van der Waals surface area contributed by atoms with E-state index in [1.807, 2.05) is 6.92 Å². The summed E-state index contributed by atoms with van der Waals surface area (Å²) in [6, 6.07) is 4.21. The average Bonchev–Trinajstić information content (AvgIpc) is 2.32. The van der Waals surface area contributed by atoms with Crippen LogP contribution in [0, 0.1) is 0 Å². The van der Waals surface area contributed by atoms with Crippen LogP contribution in [-0.2, 0) is 4.79 Å². The van der Waals surface area contributed by atoms with E-state index in [0.717, 1.165) is 0 Å². The van der Waals surface area contributed by atoms with Gasteiger partial charge in [0.2, 0.25) is 5.91 Å². The molecule has 0 heterocycles. The van der Waals surface area contributed by atoms with Gasteiger partial charge in [0, 0.05) is 24.5 Å². The minimum atomic E-state index is -0.459. The summed E-state index contributed by atoms with van der Waals surface area (Å²) in [5.74, 6) is -0.734. The van der Waals surface area contributed by atoms with Gasteiger partial charge in [-0.2, -0.15) is 0 Å². The monoisotopic (exact) mass is 270 g/mol. The lowest BCUT2D eigenvalue weighted by Gasteiger charge is -2.07. The fraction of sp³-hybridized carbons (Fsp3) is 0.333. The zero-order valence-corrected chi connectivity index (χ0v) is 10.8. The quantitative estimate of drug-likeness (QED) is 0.755. The number of benzene rings is 1. The Bertz CT molecular complexity index is 449. The first kappa shape index (κ1) is 14.3. The van der Waals surface area contributed by atoms with Crippen LogP contribution >= 0.6 is 11.6 Å². The van der Waals surface area contributed by atoms with Gasteiger partial charge in [-0.1, -0.05) is 11.6 Å². The molecule has 0 fully saturated rings. The van der Waals surface area contributed by atoms with Crippen LogP contribution in [0.25, 0.3) is 0 Å². The average molecular weight is 271 g/mol. The molecule has 0 saturated carbocycles. The maximum absolute atomic E-state index is 11.7. The third kappa shape index (κ3) is 4.25. The second-order valence-electron chi connectivity index (χ2n) is 3.62. The molecule has 0 aliphatic carbocycles. The lowest BCUT2D eigenvalue weighted by molar-refractivity contribution is -0.120. The number of amides is 2. The Balaban J connectivity index is 2.50. The molecule has 5 nitrogen and oxygen atoms in total. The van der Waals surface area contributed by atoms with Gasteiger partial charge in [0.05, 0.1) is 5.56 Å². The number of nitrogens with one attached hydrogen (secondary N) is 2. The summed E-state index contributed by atoms with van der Waals surface area (Å²) in [4.78, 5) is 22.8. The number of phenols is 1. The zero-order valence-electron chi connectivity index (χ0n) is 10.00. The summed E-state index contributed by atoms with van der Waals surface area (Å²) in [5.41, 5.74) is 0.0957. The molecule has 1 rings (SSSR count). The number of carbonyl (C=O) groups excluding carboxylic acids is 2. The summed E-state index contributed by atoms with van der Waals surface area (Å²) in [7, 11) is 0. The van der Waals surface area contributed by atoms with Crippen LogP contribution in [0.3, 0.4) is 0 Å². The lowest BCUT2D eigenvalue weighted by atomic mass is 10.2. The van der Waals surface area contributed by atoms with Gasteiger partial charge in [-0.25, -0.2) is 0 Å². The van der Waals surface area contributed by atoms with Crippen LogP contribution in [0.15, 0.2) is 18.2 Å². The second kappa shape index (κ2) is 6.86. The van der Waals surface area contributed by atoms with Crippen LogP contribution in [0.4, 0.5) is 0 Å². The largest absolute Gasteiger partial charge is 0.507 e. The van der Waals surface area contributed by atoms with E-state index in [2.05, 4.69) is 10.6 Å². The summed E-state index contributed by atoms with van der Waals surface area (Å²) in [6.07, 6.45) is 0.195. The highest BCUT2D eigenvalue weighted by Gasteiger charge is 2.11. The molecule has 0 aliphatic rings. The predicted octanol–water partition coefficient (Wildman–Crippen LogP) is 1.30. The molecule has 0 saturated heterocycles. The Morgan fingerprint density at radius 1 is 1.33 bits per heavy atom. The Morgan fingerprint density at radius 2 is 2.06 bits per heavy atom. The molecule has 0 unspecified atom stereocenters.